The van der Waals surface area contributed by atoms with Crippen molar-refractivity contribution in [1.29, 1.82) is 0 Å². The number of carbonyl (C=O) groups is 1. The van der Waals surface area contributed by atoms with Crippen LogP contribution in [0.5, 0.6) is 5.75 Å². The van der Waals surface area contributed by atoms with E-state index in [1.165, 1.54) is 31.2 Å². The number of hydrogen-bond acceptors (Lipinski definition) is 4. The molecule has 0 aliphatic carbocycles. The maximum atomic E-state index is 12.3. The zero-order chi connectivity index (χ0) is 16.1. The zero-order valence-corrected chi connectivity index (χ0v) is 13.2. The number of nitrogens with one attached hydrogen (secondary N) is 1. The van der Waals surface area contributed by atoms with Gasteiger partial charge in [-0.1, -0.05) is 13.3 Å². The normalized spacial score (nSPS) is 14.4. The van der Waals surface area contributed by atoms with Crippen LogP contribution in [0.15, 0.2) is 29.2 Å². The molecule has 0 aromatic heterocycles. The number of benzene rings is 1. The van der Waals surface area contributed by atoms with Gasteiger partial charge < -0.3 is 9.84 Å². The summed E-state index contributed by atoms with van der Waals surface area (Å²) in [7, 11) is -3.90. The lowest BCUT2D eigenvalue weighted by molar-refractivity contribution is -0.143. The second kappa shape index (κ2) is 6.91. The summed E-state index contributed by atoms with van der Waals surface area (Å²) in [6, 6.07) is 5.86. The van der Waals surface area contributed by atoms with Crippen LogP contribution in [0.2, 0.25) is 0 Å². The quantitative estimate of drug-likeness (QED) is 0.765. The highest BCUT2D eigenvalue weighted by molar-refractivity contribution is 7.89. The smallest absolute Gasteiger partial charge is 0.324 e. The van der Waals surface area contributed by atoms with Crippen molar-refractivity contribution in [1.82, 2.24) is 4.72 Å². The van der Waals surface area contributed by atoms with E-state index < -0.39 is 21.5 Å². The topological polar surface area (TPSA) is 92.7 Å². The summed E-state index contributed by atoms with van der Waals surface area (Å²) in [5.74, 6) is -0.634. The van der Waals surface area contributed by atoms with Crippen molar-refractivity contribution in [2.24, 2.45) is 0 Å². The highest BCUT2D eigenvalue weighted by Crippen LogP contribution is 2.20. The van der Waals surface area contributed by atoms with E-state index in [-0.39, 0.29) is 11.3 Å². The van der Waals surface area contributed by atoms with E-state index in [9.17, 15) is 18.3 Å². The van der Waals surface area contributed by atoms with E-state index >= 15 is 0 Å². The molecule has 0 heterocycles. The Hall–Kier alpha value is -1.60. The summed E-state index contributed by atoms with van der Waals surface area (Å²) in [6.45, 7) is 5.48. The molecule has 1 unspecified atom stereocenters. The first kappa shape index (κ1) is 17.5. The molecule has 0 fully saturated rings. The lowest BCUT2D eigenvalue weighted by Crippen LogP contribution is -2.51. The highest BCUT2D eigenvalue weighted by Gasteiger charge is 2.37. The monoisotopic (exact) mass is 315 g/mol. The Kier molecular flexibility index (Phi) is 5.74. The standard InChI is InChI=1S/C14H21NO5S/c1-4-10-14(3,13(16)17)15-21(18,19)12-8-6-11(7-9-12)20-5-2/h6-9,15H,4-5,10H2,1-3H3,(H,16,17). The minimum absolute atomic E-state index is 0.00883. The summed E-state index contributed by atoms with van der Waals surface area (Å²) in [6.07, 6.45) is 0.757. The summed E-state index contributed by atoms with van der Waals surface area (Å²) in [5, 5.41) is 9.24. The van der Waals surface area contributed by atoms with Crippen molar-refractivity contribution in [2.45, 2.75) is 44.0 Å². The fourth-order valence-corrected chi connectivity index (χ4v) is 3.33. The molecule has 0 amide bonds. The van der Waals surface area contributed by atoms with Gasteiger partial charge in [0.25, 0.3) is 0 Å². The largest absolute Gasteiger partial charge is 0.494 e. The van der Waals surface area contributed by atoms with Crippen molar-refractivity contribution < 1.29 is 23.1 Å². The Morgan fingerprint density at radius 2 is 1.86 bits per heavy atom. The van der Waals surface area contributed by atoms with E-state index in [1.54, 1.807) is 6.92 Å². The van der Waals surface area contributed by atoms with Gasteiger partial charge in [0.2, 0.25) is 10.0 Å². The Labute approximate surface area is 125 Å². The van der Waals surface area contributed by atoms with Crippen molar-refractivity contribution in [3.63, 3.8) is 0 Å². The summed E-state index contributed by atoms with van der Waals surface area (Å²) in [4.78, 5) is 11.3. The van der Waals surface area contributed by atoms with Gasteiger partial charge in [0.15, 0.2) is 0 Å². The van der Waals surface area contributed by atoms with E-state index in [1.807, 2.05) is 6.92 Å². The number of rotatable bonds is 8. The van der Waals surface area contributed by atoms with Gasteiger partial charge in [0.05, 0.1) is 11.5 Å². The van der Waals surface area contributed by atoms with Gasteiger partial charge in [-0.15, -0.1) is 0 Å². The van der Waals surface area contributed by atoms with E-state index in [0.29, 0.717) is 18.8 Å². The summed E-state index contributed by atoms with van der Waals surface area (Å²) < 4.78 is 32.1. The molecular formula is C14H21NO5S. The minimum Gasteiger partial charge on any atom is -0.494 e. The summed E-state index contributed by atoms with van der Waals surface area (Å²) >= 11 is 0. The molecule has 118 valence electrons. The molecule has 0 aliphatic rings. The van der Waals surface area contributed by atoms with E-state index in [2.05, 4.69) is 4.72 Å². The fraction of sp³-hybridized carbons (Fsp3) is 0.500. The van der Waals surface area contributed by atoms with Crippen molar-refractivity contribution in [3.8, 4) is 5.75 Å². The van der Waals surface area contributed by atoms with Crippen LogP contribution in [0.4, 0.5) is 0 Å². The molecule has 7 heteroatoms. The van der Waals surface area contributed by atoms with E-state index in [0.717, 1.165) is 0 Å². The SMILES string of the molecule is CCCC(C)(NS(=O)(=O)c1ccc(OCC)cc1)C(=O)O. The van der Waals surface area contributed by atoms with Gasteiger partial charge >= 0.3 is 5.97 Å². The maximum absolute atomic E-state index is 12.3. The van der Waals surface area contributed by atoms with Gasteiger partial charge in [-0.3, -0.25) is 4.79 Å². The van der Waals surface area contributed by atoms with Gasteiger partial charge in [-0.2, -0.15) is 4.72 Å². The van der Waals surface area contributed by atoms with Crippen molar-refractivity contribution >= 4 is 16.0 Å². The Balaban J connectivity index is 3.02. The molecule has 0 spiro atoms. The number of aliphatic carboxylic acids is 1. The first-order valence-corrected chi connectivity index (χ1v) is 8.23. The number of carboxylic acid groups (broad SMARTS) is 1. The third-order valence-corrected chi connectivity index (χ3v) is 4.64. The number of carboxylic acids is 1. The van der Waals surface area contributed by atoms with Gasteiger partial charge in [-0.25, -0.2) is 8.42 Å². The number of ether oxygens (including phenoxy) is 1. The number of hydrogen-bond donors (Lipinski definition) is 2. The van der Waals surface area contributed by atoms with Crippen LogP contribution in [0.1, 0.15) is 33.6 Å². The second-order valence-electron chi connectivity index (χ2n) is 4.90. The van der Waals surface area contributed by atoms with Crippen LogP contribution in [0, 0.1) is 0 Å². The molecule has 0 saturated heterocycles. The minimum atomic E-state index is -3.90. The van der Waals surface area contributed by atoms with Crippen LogP contribution >= 0.6 is 0 Å². The van der Waals surface area contributed by atoms with Gasteiger partial charge in [0, 0.05) is 0 Å². The molecule has 1 atom stereocenters. The Morgan fingerprint density at radius 3 is 2.29 bits per heavy atom. The average Bonchev–Trinajstić information content (AvgIpc) is 2.39. The molecule has 1 aromatic rings. The molecule has 1 rings (SSSR count). The first-order chi connectivity index (χ1) is 9.75. The van der Waals surface area contributed by atoms with Crippen molar-refractivity contribution in [2.75, 3.05) is 6.61 Å². The van der Waals surface area contributed by atoms with E-state index in [4.69, 9.17) is 4.74 Å². The third-order valence-electron chi connectivity index (χ3n) is 3.03. The first-order valence-electron chi connectivity index (χ1n) is 6.75. The van der Waals surface area contributed by atoms with Crippen LogP contribution in [0.25, 0.3) is 0 Å². The van der Waals surface area contributed by atoms with Gasteiger partial charge in [0.1, 0.15) is 11.3 Å². The van der Waals surface area contributed by atoms with Crippen LogP contribution in [-0.4, -0.2) is 31.6 Å². The molecule has 21 heavy (non-hydrogen) atoms. The predicted molar refractivity (Wildman–Crippen MR) is 78.9 cm³/mol. The lowest BCUT2D eigenvalue weighted by Gasteiger charge is -2.25. The Morgan fingerprint density at radius 1 is 1.29 bits per heavy atom. The molecule has 0 aliphatic heterocycles. The van der Waals surface area contributed by atoms with Gasteiger partial charge in [-0.05, 0) is 44.5 Å². The molecule has 0 radical (unpaired) electrons. The molecule has 1 aromatic carbocycles. The predicted octanol–water partition coefficient (Wildman–Crippen LogP) is 2.01. The van der Waals surface area contributed by atoms with Crippen LogP contribution in [0.3, 0.4) is 0 Å². The lowest BCUT2D eigenvalue weighted by atomic mass is 9.98. The molecule has 0 bridgehead atoms. The van der Waals surface area contributed by atoms with Crippen LogP contribution in [-0.2, 0) is 14.8 Å². The Bertz CT molecular complexity index is 582. The molecular weight excluding hydrogens is 294 g/mol. The molecule has 2 N–H and O–H groups in total. The number of sulfonamides is 1. The molecule has 6 nitrogen and oxygen atoms in total. The van der Waals surface area contributed by atoms with Crippen molar-refractivity contribution in [3.05, 3.63) is 24.3 Å². The highest BCUT2D eigenvalue weighted by atomic mass is 32.2. The second-order valence-corrected chi connectivity index (χ2v) is 6.58. The fourth-order valence-electron chi connectivity index (χ4n) is 1.94. The zero-order valence-electron chi connectivity index (χ0n) is 12.4. The van der Waals surface area contributed by atoms with Crippen LogP contribution < -0.4 is 9.46 Å². The third kappa shape index (κ3) is 4.44. The average molecular weight is 315 g/mol. The molecule has 0 saturated carbocycles. The summed E-state index contributed by atoms with van der Waals surface area (Å²) in [5.41, 5.74) is -1.52. The maximum Gasteiger partial charge on any atom is 0.324 e.